The minimum absolute atomic E-state index is 0.578. The first-order valence-electron chi connectivity index (χ1n) is 6.98. The lowest BCUT2D eigenvalue weighted by molar-refractivity contribution is 0.459. The smallest absolute Gasteiger partial charge is 0.193 e. The number of fused-ring (bicyclic) bond motifs is 1. The average molecular weight is 265 g/mol. The van der Waals surface area contributed by atoms with Gasteiger partial charge in [0.1, 0.15) is 0 Å². The first-order chi connectivity index (χ1) is 8.83. The van der Waals surface area contributed by atoms with E-state index in [1.807, 2.05) is 0 Å². The number of imidazole rings is 1. The second-order valence-electron chi connectivity index (χ2n) is 4.82. The van der Waals surface area contributed by atoms with Crippen molar-refractivity contribution in [2.45, 2.75) is 52.0 Å². The molecule has 1 N–H and O–H groups in total. The van der Waals surface area contributed by atoms with E-state index in [2.05, 4.69) is 46.3 Å². The summed E-state index contributed by atoms with van der Waals surface area (Å²) in [7, 11) is 0. The highest BCUT2D eigenvalue weighted by Gasteiger charge is 2.11. The Kier molecular flexibility index (Phi) is 5.20. The summed E-state index contributed by atoms with van der Waals surface area (Å²) < 4.78 is 2.12. The molecule has 3 nitrogen and oxygen atoms in total. The van der Waals surface area contributed by atoms with E-state index in [0.717, 1.165) is 17.9 Å². The summed E-state index contributed by atoms with van der Waals surface area (Å²) in [5, 5.41) is 5.72. The average Bonchev–Trinajstić information content (AvgIpc) is 2.93. The van der Waals surface area contributed by atoms with Crippen molar-refractivity contribution < 1.29 is 0 Å². The van der Waals surface area contributed by atoms with Crippen LogP contribution >= 0.6 is 11.3 Å². The molecular formula is C14H23N3S. The van der Waals surface area contributed by atoms with E-state index < -0.39 is 0 Å². The number of nitrogens with zero attached hydrogens (tertiary/aromatic N) is 2. The van der Waals surface area contributed by atoms with Crippen molar-refractivity contribution >= 4 is 16.3 Å². The number of unbranched alkanes of at least 4 members (excludes halogenated alkanes) is 1. The number of hydrogen-bond donors (Lipinski definition) is 1. The van der Waals surface area contributed by atoms with Gasteiger partial charge in [0, 0.05) is 30.2 Å². The molecule has 1 atom stereocenters. The van der Waals surface area contributed by atoms with E-state index in [0.29, 0.717) is 6.04 Å². The lowest BCUT2D eigenvalue weighted by Crippen LogP contribution is -2.31. The maximum absolute atomic E-state index is 4.67. The second kappa shape index (κ2) is 6.90. The summed E-state index contributed by atoms with van der Waals surface area (Å²) in [5.74, 6) is 0. The predicted molar refractivity (Wildman–Crippen MR) is 78.4 cm³/mol. The molecule has 4 heteroatoms. The molecule has 0 fully saturated rings. The van der Waals surface area contributed by atoms with Crippen LogP contribution in [-0.2, 0) is 6.42 Å². The van der Waals surface area contributed by atoms with Gasteiger partial charge in [0.15, 0.2) is 4.96 Å². The van der Waals surface area contributed by atoms with Crippen LogP contribution in [0.2, 0.25) is 0 Å². The fraction of sp³-hybridized carbons (Fsp3) is 0.643. The number of thiazole rings is 1. The molecule has 2 aromatic rings. The standard InChI is InChI=1S/C14H23N3S/c1-3-5-6-12(15-7-4-2)10-13-11-17-8-9-18-14(17)16-13/h8-9,11-12,15H,3-7,10H2,1-2H3. The Morgan fingerprint density at radius 1 is 1.39 bits per heavy atom. The maximum Gasteiger partial charge on any atom is 0.193 e. The van der Waals surface area contributed by atoms with Crippen molar-refractivity contribution in [2.75, 3.05) is 6.54 Å². The molecule has 0 saturated heterocycles. The Bertz CT molecular complexity index is 424. The van der Waals surface area contributed by atoms with Gasteiger partial charge >= 0.3 is 0 Å². The van der Waals surface area contributed by atoms with Gasteiger partial charge in [-0.05, 0) is 19.4 Å². The van der Waals surface area contributed by atoms with Gasteiger partial charge in [-0.15, -0.1) is 11.3 Å². The largest absolute Gasteiger partial charge is 0.314 e. The Morgan fingerprint density at radius 3 is 3.00 bits per heavy atom. The van der Waals surface area contributed by atoms with Crippen molar-refractivity contribution in [3.63, 3.8) is 0 Å². The highest BCUT2D eigenvalue weighted by Crippen LogP contribution is 2.14. The molecule has 2 aromatic heterocycles. The van der Waals surface area contributed by atoms with Crippen LogP contribution in [0.25, 0.3) is 4.96 Å². The summed E-state index contributed by atoms with van der Waals surface area (Å²) in [5.41, 5.74) is 1.21. The van der Waals surface area contributed by atoms with Crippen LogP contribution in [0.3, 0.4) is 0 Å². The van der Waals surface area contributed by atoms with Crippen LogP contribution in [0.5, 0.6) is 0 Å². The van der Waals surface area contributed by atoms with Gasteiger partial charge in [-0.1, -0.05) is 26.7 Å². The molecule has 2 heterocycles. The fourth-order valence-electron chi connectivity index (χ4n) is 2.20. The quantitative estimate of drug-likeness (QED) is 0.791. The second-order valence-corrected chi connectivity index (χ2v) is 5.70. The van der Waals surface area contributed by atoms with Gasteiger partial charge in [-0.25, -0.2) is 4.98 Å². The van der Waals surface area contributed by atoms with Gasteiger partial charge in [0.05, 0.1) is 5.69 Å². The van der Waals surface area contributed by atoms with Gasteiger partial charge in [0.2, 0.25) is 0 Å². The minimum Gasteiger partial charge on any atom is -0.314 e. The zero-order valence-electron chi connectivity index (χ0n) is 11.4. The maximum atomic E-state index is 4.67. The molecule has 0 amide bonds. The highest BCUT2D eigenvalue weighted by atomic mass is 32.1. The van der Waals surface area contributed by atoms with E-state index in [-0.39, 0.29) is 0 Å². The normalized spacial score (nSPS) is 13.2. The Hall–Kier alpha value is -0.870. The molecule has 0 aromatic carbocycles. The summed E-state index contributed by atoms with van der Waals surface area (Å²) in [6.45, 7) is 5.58. The molecule has 0 spiro atoms. The van der Waals surface area contributed by atoms with E-state index in [1.54, 1.807) is 11.3 Å². The van der Waals surface area contributed by atoms with Crippen LogP contribution in [-0.4, -0.2) is 22.0 Å². The lowest BCUT2D eigenvalue weighted by Gasteiger charge is -2.16. The van der Waals surface area contributed by atoms with Crippen LogP contribution in [0, 0.1) is 0 Å². The van der Waals surface area contributed by atoms with Crippen molar-refractivity contribution in [2.24, 2.45) is 0 Å². The Morgan fingerprint density at radius 2 is 2.28 bits per heavy atom. The fourth-order valence-corrected chi connectivity index (χ4v) is 2.92. The van der Waals surface area contributed by atoms with Crippen molar-refractivity contribution in [3.05, 3.63) is 23.5 Å². The van der Waals surface area contributed by atoms with Crippen molar-refractivity contribution in [3.8, 4) is 0 Å². The zero-order chi connectivity index (χ0) is 12.8. The lowest BCUT2D eigenvalue weighted by atomic mass is 10.1. The first kappa shape index (κ1) is 13.6. The number of nitrogens with one attached hydrogen (secondary N) is 1. The Balaban J connectivity index is 1.95. The third kappa shape index (κ3) is 3.56. The van der Waals surface area contributed by atoms with Crippen molar-refractivity contribution in [1.29, 1.82) is 0 Å². The third-order valence-electron chi connectivity index (χ3n) is 3.19. The molecule has 0 aliphatic rings. The van der Waals surface area contributed by atoms with E-state index in [9.17, 15) is 0 Å². The predicted octanol–water partition coefficient (Wildman–Crippen LogP) is 3.50. The minimum atomic E-state index is 0.578. The van der Waals surface area contributed by atoms with Gasteiger partial charge in [0.25, 0.3) is 0 Å². The number of aromatic nitrogens is 2. The molecule has 2 rings (SSSR count). The highest BCUT2D eigenvalue weighted by molar-refractivity contribution is 7.15. The van der Waals surface area contributed by atoms with Crippen LogP contribution in [0.4, 0.5) is 0 Å². The summed E-state index contributed by atoms with van der Waals surface area (Å²) >= 11 is 1.70. The molecular weight excluding hydrogens is 242 g/mol. The molecule has 1 unspecified atom stereocenters. The summed E-state index contributed by atoms with van der Waals surface area (Å²) in [4.78, 5) is 5.78. The third-order valence-corrected chi connectivity index (χ3v) is 3.96. The Labute approximate surface area is 113 Å². The molecule has 0 aliphatic carbocycles. The number of hydrogen-bond acceptors (Lipinski definition) is 3. The molecule has 100 valence electrons. The molecule has 0 aliphatic heterocycles. The SMILES string of the molecule is CCCCC(Cc1cn2ccsc2n1)NCCC. The molecule has 0 saturated carbocycles. The topological polar surface area (TPSA) is 29.3 Å². The summed E-state index contributed by atoms with van der Waals surface area (Å²) in [6.07, 6.45) is 10.3. The summed E-state index contributed by atoms with van der Waals surface area (Å²) in [6, 6.07) is 0.578. The van der Waals surface area contributed by atoms with Crippen LogP contribution < -0.4 is 5.32 Å². The van der Waals surface area contributed by atoms with Gasteiger partial charge < -0.3 is 5.32 Å². The van der Waals surface area contributed by atoms with E-state index in [1.165, 1.54) is 31.4 Å². The number of rotatable bonds is 8. The van der Waals surface area contributed by atoms with Gasteiger partial charge in [-0.2, -0.15) is 0 Å². The van der Waals surface area contributed by atoms with E-state index >= 15 is 0 Å². The zero-order valence-corrected chi connectivity index (χ0v) is 12.2. The van der Waals surface area contributed by atoms with Crippen molar-refractivity contribution in [1.82, 2.24) is 14.7 Å². The monoisotopic (exact) mass is 265 g/mol. The van der Waals surface area contributed by atoms with Crippen LogP contribution in [0.1, 0.15) is 45.2 Å². The van der Waals surface area contributed by atoms with Crippen LogP contribution in [0.15, 0.2) is 17.8 Å². The van der Waals surface area contributed by atoms with E-state index in [4.69, 9.17) is 0 Å². The first-order valence-corrected chi connectivity index (χ1v) is 7.86. The molecule has 0 bridgehead atoms. The van der Waals surface area contributed by atoms with Gasteiger partial charge in [-0.3, -0.25) is 4.40 Å². The molecule has 0 radical (unpaired) electrons. The molecule has 18 heavy (non-hydrogen) atoms.